The number of allylic oxidation sites excluding steroid dienone is 1. The molecule has 1 heterocycles. The van der Waals surface area contributed by atoms with Gasteiger partial charge < -0.3 is 9.47 Å². The van der Waals surface area contributed by atoms with Crippen molar-refractivity contribution in [3.63, 3.8) is 0 Å². The lowest BCUT2D eigenvalue weighted by Crippen LogP contribution is -2.42. The molecule has 2 rings (SSSR count). The Morgan fingerprint density at radius 2 is 1.65 bits per heavy atom. The van der Waals surface area contributed by atoms with E-state index >= 15 is 0 Å². The summed E-state index contributed by atoms with van der Waals surface area (Å²) < 4.78 is 12.8. The number of carbonyl (C=O) groups is 4. The van der Waals surface area contributed by atoms with Crippen molar-refractivity contribution in [2.45, 2.75) is 99.7 Å². The minimum atomic E-state index is -0.700. The highest BCUT2D eigenvalue weighted by molar-refractivity contribution is 6.69. The predicted octanol–water partition coefficient (Wildman–Crippen LogP) is 5.67. The van der Waals surface area contributed by atoms with Gasteiger partial charge in [0.05, 0.1) is 11.4 Å². The number of nitrogens with one attached hydrogen (secondary N) is 1. The highest BCUT2D eigenvalue weighted by Crippen LogP contribution is 2.30. The average Bonchev–Trinajstić information content (AvgIpc) is 2.83. The van der Waals surface area contributed by atoms with Gasteiger partial charge in [0.2, 0.25) is 0 Å². The summed E-state index contributed by atoms with van der Waals surface area (Å²) in [5.41, 5.74) is 3.60. The summed E-state index contributed by atoms with van der Waals surface area (Å²) in [6.45, 7) is 23.4. The molecule has 3 amide bonds. The Balaban J connectivity index is 2.19. The number of urea groups is 1. The van der Waals surface area contributed by atoms with Gasteiger partial charge in [0.25, 0.3) is 5.91 Å². The van der Waals surface area contributed by atoms with Crippen molar-refractivity contribution >= 4 is 53.3 Å². The normalized spacial score (nSPS) is 16.0. The van der Waals surface area contributed by atoms with Crippen LogP contribution in [0.15, 0.2) is 28.2 Å². The molecule has 0 aromatic heterocycles. The second kappa shape index (κ2) is 14.5. The molecule has 1 N–H and O–H groups in total. The van der Waals surface area contributed by atoms with Gasteiger partial charge in [0.1, 0.15) is 30.4 Å². The van der Waals surface area contributed by atoms with Crippen molar-refractivity contribution in [2.24, 2.45) is 15.9 Å². The summed E-state index contributed by atoms with van der Waals surface area (Å²) in [6.07, 6.45) is 3.07. The van der Waals surface area contributed by atoms with Gasteiger partial charge in [-0.25, -0.2) is 14.4 Å². The molecule has 1 aromatic rings. The molecule has 1 aromatic carbocycles. The molecule has 10 heteroatoms. The quantitative estimate of drug-likeness (QED) is 0.199. The van der Waals surface area contributed by atoms with Gasteiger partial charge in [0, 0.05) is 18.4 Å². The van der Waals surface area contributed by atoms with Crippen molar-refractivity contribution < 1.29 is 33.2 Å². The number of imide groups is 1. The van der Waals surface area contributed by atoms with E-state index in [1.165, 1.54) is 0 Å². The van der Waals surface area contributed by atoms with Gasteiger partial charge in [-0.2, -0.15) is 4.99 Å². The van der Waals surface area contributed by atoms with Gasteiger partial charge in [-0.15, -0.1) is 0 Å². The van der Waals surface area contributed by atoms with E-state index in [1.807, 2.05) is 53.7 Å². The van der Waals surface area contributed by atoms with Crippen LogP contribution in [0.1, 0.15) is 91.3 Å². The zero-order valence-corrected chi connectivity index (χ0v) is 27.3. The smallest absolute Gasteiger partial charge is 0.348 e. The Kier molecular flexibility index (Phi) is 11.9. The highest BCUT2D eigenvalue weighted by Gasteiger charge is 2.30. The van der Waals surface area contributed by atoms with Crippen molar-refractivity contribution in [3.8, 4) is 0 Å². The molecule has 1 atom stereocenters. The van der Waals surface area contributed by atoms with Crippen LogP contribution >= 0.6 is 0 Å². The largest absolute Gasteiger partial charge is 0.460 e. The number of aryl methyl sites for hydroxylation is 2. The molecule has 0 saturated heterocycles. The molecule has 1 unspecified atom stereocenters. The number of aliphatic imine (C=N–C) groups is 2. The molecule has 0 saturated carbocycles. The second-order valence-electron chi connectivity index (χ2n) is 13.0. The summed E-state index contributed by atoms with van der Waals surface area (Å²) >= 11 is 0. The third kappa shape index (κ3) is 11.7. The Morgan fingerprint density at radius 3 is 2.23 bits per heavy atom. The second-order valence-corrected chi connectivity index (χ2v) is 13.0. The number of hydrogen-bond donors (Lipinski definition) is 1. The van der Waals surface area contributed by atoms with E-state index < -0.39 is 29.1 Å². The van der Waals surface area contributed by atoms with E-state index in [0.717, 1.165) is 22.3 Å². The number of esters is 2. The Labute approximate surface area is 255 Å². The van der Waals surface area contributed by atoms with E-state index in [0.29, 0.717) is 31.6 Å². The molecular weight excluding hydrogens is 548 g/mol. The molecule has 0 bridgehead atoms. The number of amides is 3. The van der Waals surface area contributed by atoms with Crippen LogP contribution < -0.4 is 5.32 Å². The van der Waals surface area contributed by atoms with Crippen molar-refractivity contribution in [1.82, 2.24) is 5.32 Å². The van der Waals surface area contributed by atoms with Gasteiger partial charge in [-0.3, -0.25) is 19.7 Å². The van der Waals surface area contributed by atoms with E-state index in [9.17, 15) is 19.2 Å². The van der Waals surface area contributed by atoms with Crippen LogP contribution in [0.3, 0.4) is 0 Å². The Hall–Kier alpha value is -3.95. The third-order valence-corrected chi connectivity index (χ3v) is 6.55. The van der Waals surface area contributed by atoms with E-state index in [-0.39, 0.29) is 29.8 Å². The molecule has 234 valence electrons. The SMILES string of the molecule is C=[N+](CCC=C(C)c1cc(C)c(C)cc1N=C1C(=O)NC(=O)N=C1C)CC(CCC(=O)OC(C)(C)C)C(=O)OC(C)(C)C. The molecule has 0 spiro atoms. The van der Waals surface area contributed by atoms with Crippen LogP contribution in [0.4, 0.5) is 10.5 Å². The van der Waals surface area contributed by atoms with Gasteiger partial charge in [0.15, 0.2) is 12.3 Å². The van der Waals surface area contributed by atoms with Crippen LogP contribution in [0, 0.1) is 19.8 Å². The lowest BCUT2D eigenvalue weighted by atomic mass is 9.98. The number of nitrogens with zero attached hydrogens (tertiary/aromatic N) is 3. The summed E-state index contributed by atoms with van der Waals surface area (Å²) in [7, 11) is 0. The first-order valence-corrected chi connectivity index (χ1v) is 14.5. The minimum Gasteiger partial charge on any atom is -0.460 e. The molecule has 0 fully saturated rings. The zero-order chi connectivity index (χ0) is 32.7. The van der Waals surface area contributed by atoms with Crippen LogP contribution in [0.5, 0.6) is 0 Å². The average molecular weight is 596 g/mol. The third-order valence-electron chi connectivity index (χ3n) is 6.55. The minimum absolute atomic E-state index is 0.0976. The van der Waals surface area contributed by atoms with Crippen molar-refractivity contribution in [1.29, 1.82) is 0 Å². The van der Waals surface area contributed by atoms with Gasteiger partial charge >= 0.3 is 18.0 Å². The number of rotatable bonds is 11. The number of benzene rings is 1. The highest BCUT2D eigenvalue weighted by atomic mass is 16.6. The van der Waals surface area contributed by atoms with Crippen molar-refractivity contribution in [2.75, 3.05) is 13.1 Å². The fourth-order valence-corrected chi connectivity index (χ4v) is 4.35. The fraction of sp³-hybridized carbons (Fsp3) is 0.545. The van der Waals surface area contributed by atoms with Crippen LogP contribution in [-0.4, -0.2) is 70.9 Å². The van der Waals surface area contributed by atoms with Gasteiger partial charge in [-0.05, 0) is 104 Å². The molecule has 43 heavy (non-hydrogen) atoms. The van der Waals surface area contributed by atoms with Crippen LogP contribution in [0.2, 0.25) is 0 Å². The molecule has 10 nitrogen and oxygen atoms in total. The summed E-state index contributed by atoms with van der Waals surface area (Å²) in [5.74, 6) is -1.86. The maximum absolute atomic E-state index is 13.0. The Bertz CT molecular complexity index is 1370. The monoisotopic (exact) mass is 595 g/mol. The topological polar surface area (TPSA) is 127 Å². The number of ether oxygens (including phenoxy) is 2. The van der Waals surface area contributed by atoms with E-state index in [2.05, 4.69) is 28.1 Å². The standard InChI is InChI=1S/C33H46N4O6/c1-20(25-17-21(2)22(3)18-26(25)35-28-23(4)34-31(41)36-29(28)39)13-12-16-37(11)19-24(30(40)43-33(8,9)10)14-15-27(38)42-32(5,6)7/h13,17-18,24H,11-12,14-16,19H2,1-10H3/p+1. The first-order valence-electron chi connectivity index (χ1n) is 14.5. The predicted molar refractivity (Wildman–Crippen MR) is 169 cm³/mol. The first-order chi connectivity index (χ1) is 19.8. The van der Waals surface area contributed by atoms with Crippen molar-refractivity contribution in [3.05, 3.63) is 34.9 Å². The maximum Gasteiger partial charge on any atom is 0.348 e. The fourth-order valence-electron chi connectivity index (χ4n) is 4.35. The summed E-state index contributed by atoms with van der Waals surface area (Å²) in [5, 5.41) is 2.18. The molecular formula is C33H47N4O6+. The lowest BCUT2D eigenvalue weighted by molar-refractivity contribution is -0.524. The van der Waals surface area contributed by atoms with Crippen LogP contribution in [0.25, 0.3) is 5.57 Å². The Morgan fingerprint density at radius 1 is 1.05 bits per heavy atom. The molecule has 0 aliphatic carbocycles. The first kappa shape index (κ1) is 35.2. The zero-order valence-electron chi connectivity index (χ0n) is 27.3. The molecule has 1 aliphatic rings. The van der Waals surface area contributed by atoms with Gasteiger partial charge in [-0.1, -0.05) is 6.08 Å². The number of hydrogen-bond acceptors (Lipinski definition) is 7. The number of carbonyl (C=O) groups excluding carboxylic acids is 4. The van der Waals surface area contributed by atoms with Crippen LogP contribution in [-0.2, 0) is 23.9 Å². The summed E-state index contributed by atoms with van der Waals surface area (Å²) in [4.78, 5) is 57.7. The lowest BCUT2D eigenvalue weighted by Gasteiger charge is -2.24. The maximum atomic E-state index is 13.0. The molecule has 0 radical (unpaired) electrons. The molecule has 1 aliphatic heterocycles. The summed E-state index contributed by atoms with van der Waals surface area (Å²) in [6, 6.07) is 3.24. The van der Waals surface area contributed by atoms with E-state index in [4.69, 9.17) is 9.47 Å². The van der Waals surface area contributed by atoms with E-state index in [1.54, 1.807) is 32.3 Å².